The molecule has 2 saturated heterocycles. The van der Waals surface area contributed by atoms with Crippen LogP contribution in [0.3, 0.4) is 0 Å². The van der Waals surface area contributed by atoms with Crippen molar-refractivity contribution in [1.82, 2.24) is 15.3 Å². The lowest BCUT2D eigenvalue weighted by Gasteiger charge is -2.28. The highest BCUT2D eigenvalue weighted by atomic mass is 16.2. The van der Waals surface area contributed by atoms with E-state index in [0.717, 1.165) is 67.6 Å². The van der Waals surface area contributed by atoms with Gasteiger partial charge in [-0.05, 0) is 106 Å². The van der Waals surface area contributed by atoms with Crippen molar-refractivity contribution in [2.45, 2.75) is 44.9 Å². The molecular weight excluding hydrogens is 450 g/mol. The lowest BCUT2D eigenvalue weighted by atomic mass is 9.92. The second-order valence-electron chi connectivity index (χ2n) is 9.93. The van der Waals surface area contributed by atoms with E-state index < -0.39 is 0 Å². The van der Waals surface area contributed by atoms with Crippen LogP contribution >= 0.6 is 0 Å². The summed E-state index contributed by atoms with van der Waals surface area (Å²) in [6, 6.07) is 15.3. The maximum Gasteiger partial charge on any atom is 0.271 e. The van der Waals surface area contributed by atoms with Crippen molar-refractivity contribution in [1.29, 1.82) is 0 Å². The summed E-state index contributed by atoms with van der Waals surface area (Å²) < 4.78 is 0. The molecule has 1 amide bonds. The minimum atomic E-state index is -0.334. The second kappa shape index (κ2) is 11.5. The third kappa shape index (κ3) is 6.02. The molecule has 36 heavy (non-hydrogen) atoms. The van der Waals surface area contributed by atoms with E-state index in [-0.39, 0.29) is 17.2 Å². The Morgan fingerprint density at radius 1 is 1.03 bits per heavy atom. The predicted molar refractivity (Wildman–Crippen MR) is 145 cm³/mol. The molecule has 5 rings (SSSR count). The molecule has 3 N–H and O–H groups in total. The molecule has 3 aromatic rings. The summed E-state index contributed by atoms with van der Waals surface area (Å²) >= 11 is 0. The highest BCUT2D eigenvalue weighted by Gasteiger charge is 2.15. The van der Waals surface area contributed by atoms with Crippen LogP contribution in [0.5, 0.6) is 0 Å². The SMILES string of the molecule is O=C(Nc1cc(-c2cccc(CCC3CCNCC3)n2)c[nH]c1=O)c1ccc(N2CCCCC2)cc1. The molecule has 7 heteroatoms. The lowest BCUT2D eigenvalue weighted by molar-refractivity contribution is 0.102. The molecule has 188 valence electrons. The summed E-state index contributed by atoms with van der Waals surface area (Å²) in [4.78, 5) is 35.3. The van der Waals surface area contributed by atoms with Crippen LogP contribution in [0.1, 0.15) is 54.6 Å². The van der Waals surface area contributed by atoms with Crippen molar-refractivity contribution in [3.05, 3.63) is 76.3 Å². The number of pyridine rings is 2. The Hall–Kier alpha value is -3.45. The van der Waals surface area contributed by atoms with E-state index in [1.165, 1.54) is 32.1 Å². The molecule has 0 spiro atoms. The molecule has 2 aliphatic rings. The number of nitrogens with zero attached hydrogens (tertiary/aromatic N) is 2. The van der Waals surface area contributed by atoms with Gasteiger partial charge >= 0.3 is 0 Å². The van der Waals surface area contributed by atoms with Gasteiger partial charge in [-0.3, -0.25) is 14.6 Å². The van der Waals surface area contributed by atoms with E-state index >= 15 is 0 Å². The molecule has 0 saturated carbocycles. The standard InChI is InChI=1S/C29H35N5O2/c35-28(22-8-11-25(12-9-22)34-17-2-1-3-18-34)33-27-19-23(20-31-29(27)36)26-6-4-5-24(32-26)10-7-21-13-15-30-16-14-21/h4-6,8-9,11-12,19-21,30H,1-3,7,10,13-18H2,(H,31,36)(H,33,35). The van der Waals surface area contributed by atoms with Gasteiger partial charge in [-0.15, -0.1) is 0 Å². The number of carbonyl (C=O) groups is 1. The fourth-order valence-corrected chi connectivity index (χ4v) is 5.20. The number of hydrogen-bond donors (Lipinski definition) is 3. The van der Waals surface area contributed by atoms with Gasteiger partial charge in [0.05, 0.1) is 5.69 Å². The number of piperidine rings is 2. The minimum Gasteiger partial charge on any atom is -0.372 e. The maximum absolute atomic E-state index is 12.9. The Kier molecular flexibility index (Phi) is 7.76. The minimum absolute atomic E-state index is 0.222. The molecule has 1 aromatic carbocycles. The Bertz CT molecular complexity index is 1220. The first-order chi connectivity index (χ1) is 17.7. The fourth-order valence-electron chi connectivity index (χ4n) is 5.20. The molecule has 0 atom stereocenters. The quantitative estimate of drug-likeness (QED) is 0.455. The van der Waals surface area contributed by atoms with Gasteiger partial charge in [-0.1, -0.05) is 6.07 Å². The number of rotatable bonds is 7. The predicted octanol–water partition coefficient (Wildman–Crippen LogP) is 4.61. The van der Waals surface area contributed by atoms with Gasteiger partial charge in [-0.25, -0.2) is 0 Å². The van der Waals surface area contributed by atoms with Gasteiger partial charge in [-0.2, -0.15) is 0 Å². The molecule has 0 unspecified atom stereocenters. The number of aromatic amines is 1. The first kappa shape index (κ1) is 24.3. The van der Waals surface area contributed by atoms with Crippen molar-refractivity contribution in [2.24, 2.45) is 5.92 Å². The van der Waals surface area contributed by atoms with Crippen molar-refractivity contribution in [2.75, 3.05) is 36.4 Å². The van der Waals surface area contributed by atoms with Crippen LogP contribution in [0.15, 0.2) is 59.5 Å². The molecule has 2 aromatic heterocycles. The van der Waals surface area contributed by atoms with E-state index in [1.54, 1.807) is 12.3 Å². The third-order valence-electron chi connectivity index (χ3n) is 7.37. The molecule has 7 nitrogen and oxygen atoms in total. The molecule has 0 bridgehead atoms. The van der Waals surface area contributed by atoms with Crippen LogP contribution < -0.4 is 21.1 Å². The van der Waals surface area contributed by atoms with Gasteiger partial charge in [0, 0.05) is 41.8 Å². The zero-order chi connectivity index (χ0) is 24.7. The lowest BCUT2D eigenvalue weighted by Crippen LogP contribution is -2.29. The number of hydrogen-bond acceptors (Lipinski definition) is 5. The number of H-pyrrole nitrogens is 1. The number of amides is 1. The molecule has 0 radical (unpaired) electrons. The second-order valence-corrected chi connectivity index (χ2v) is 9.93. The Labute approximate surface area is 212 Å². The number of aromatic nitrogens is 2. The van der Waals surface area contributed by atoms with E-state index in [4.69, 9.17) is 4.98 Å². The summed E-state index contributed by atoms with van der Waals surface area (Å²) in [5, 5.41) is 6.21. The summed E-state index contributed by atoms with van der Waals surface area (Å²) in [6.45, 7) is 4.32. The smallest absolute Gasteiger partial charge is 0.271 e. The zero-order valence-corrected chi connectivity index (χ0v) is 20.8. The van der Waals surface area contributed by atoms with Crippen LogP contribution in [0.4, 0.5) is 11.4 Å². The van der Waals surface area contributed by atoms with Gasteiger partial charge in [0.1, 0.15) is 5.69 Å². The number of carbonyl (C=O) groups excluding carboxylic acids is 1. The number of nitrogens with one attached hydrogen (secondary N) is 3. The van der Waals surface area contributed by atoms with Crippen molar-refractivity contribution in [3.8, 4) is 11.3 Å². The third-order valence-corrected chi connectivity index (χ3v) is 7.37. The summed E-state index contributed by atoms with van der Waals surface area (Å²) in [5.41, 5.74) is 4.16. The van der Waals surface area contributed by atoms with Crippen LogP contribution in [0.2, 0.25) is 0 Å². The molecule has 4 heterocycles. The molecule has 0 aliphatic carbocycles. The van der Waals surface area contributed by atoms with Crippen LogP contribution in [0, 0.1) is 5.92 Å². The molecular formula is C29H35N5O2. The average Bonchev–Trinajstić information content (AvgIpc) is 2.94. The fraction of sp³-hybridized carbons (Fsp3) is 0.414. The Morgan fingerprint density at radius 2 is 1.81 bits per heavy atom. The van der Waals surface area contributed by atoms with E-state index in [1.807, 2.05) is 36.4 Å². The maximum atomic E-state index is 12.9. The number of aryl methyl sites for hydroxylation is 1. The molecule has 2 fully saturated rings. The van der Waals surface area contributed by atoms with E-state index in [0.29, 0.717) is 5.56 Å². The Morgan fingerprint density at radius 3 is 2.58 bits per heavy atom. The normalized spacial score (nSPS) is 16.6. The van der Waals surface area contributed by atoms with Gasteiger partial charge in [0.25, 0.3) is 11.5 Å². The van der Waals surface area contributed by atoms with E-state index in [9.17, 15) is 9.59 Å². The van der Waals surface area contributed by atoms with Crippen LogP contribution in [-0.4, -0.2) is 42.1 Å². The first-order valence-corrected chi connectivity index (χ1v) is 13.2. The summed E-state index contributed by atoms with van der Waals surface area (Å²) in [6.07, 6.45) is 9.88. The number of benzene rings is 1. The van der Waals surface area contributed by atoms with Crippen LogP contribution in [0.25, 0.3) is 11.3 Å². The van der Waals surface area contributed by atoms with Crippen molar-refractivity contribution >= 4 is 17.3 Å². The van der Waals surface area contributed by atoms with Crippen molar-refractivity contribution in [3.63, 3.8) is 0 Å². The zero-order valence-electron chi connectivity index (χ0n) is 20.8. The van der Waals surface area contributed by atoms with Gasteiger partial charge in [0.2, 0.25) is 0 Å². The summed E-state index contributed by atoms with van der Waals surface area (Å²) in [5.74, 6) is 0.451. The molecule has 2 aliphatic heterocycles. The van der Waals surface area contributed by atoms with Crippen molar-refractivity contribution < 1.29 is 4.79 Å². The number of anilines is 2. The summed E-state index contributed by atoms with van der Waals surface area (Å²) in [7, 11) is 0. The monoisotopic (exact) mass is 485 g/mol. The highest BCUT2D eigenvalue weighted by molar-refractivity contribution is 6.04. The Balaban J connectivity index is 1.26. The van der Waals surface area contributed by atoms with Crippen LogP contribution in [-0.2, 0) is 6.42 Å². The topological polar surface area (TPSA) is 90.1 Å². The van der Waals surface area contributed by atoms with Gasteiger partial charge < -0.3 is 20.5 Å². The first-order valence-electron chi connectivity index (χ1n) is 13.2. The highest BCUT2D eigenvalue weighted by Crippen LogP contribution is 2.23. The van der Waals surface area contributed by atoms with Gasteiger partial charge in [0.15, 0.2) is 0 Å². The average molecular weight is 486 g/mol. The largest absolute Gasteiger partial charge is 0.372 e. The van der Waals surface area contributed by atoms with E-state index in [2.05, 4.69) is 26.6 Å².